The van der Waals surface area contributed by atoms with E-state index in [9.17, 15) is 8.78 Å². The Balaban J connectivity index is 2.21. The van der Waals surface area contributed by atoms with Gasteiger partial charge < -0.3 is 4.90 Å². The minimum atomic E-state index is -2.38. The molecule has 1 aromatic carbocycles. The maximum absolute atomic E-state index is 12.1. The number of rotatable bonds is 2. The number of nitrogens with one attached hydrogen (secondary N) is 1. The molecule has 1 aliphatic rings. The summed E-state index contributed by atoms with van der Waals surface area (Å²) in [7, 11) is 0. The lowest BCUT2D eigenvalue weighted by atomic mass is 10.1. The molecule has 0 unspecified atom stereocenters. The molecule has 0 saturated heterocycles. The van der Waals surface area contributed by atoms with Gasteiger partial charge in [-0.05, 0) is 5.56 Å². The molecular formula is C10H10F2N2. The number of alkyl halides is 2. The van der Waals surface area contributed by atoms with E-state index in [0.29, 0.717) is 6.54 Å². The van der Waals surface area contributed by atoms with Crippen molar-refractivity contribution in [2.45, 2.75) is 13.0 Å². The predicted octanol–water partition coefficient (Wildman–Crippen LogP) is 2.09. The summed E-state index contributed by atoms with van der Waals surface area (Å²) in [5.41, 5.74) is 1.73. The normalized spacial score (nSPS) is 15.1. The molecule has 1 N–H and O–H groups in total. The number of hydrogen-bond acceptors (Lipinski definition) is 1. The van der Waals surface area contributed by atoms with Crippen molar-refractivity contribution < 1.29 is 8.78 Å². The van der Waals surface area contributed by atoms with Gasteiger partial charge in [0.1, 0.15) is 5.84 Å². The Hall–Kier alpha value is -1.45. The van der Waals surface area contributed by atoms with Gasteiger partial charge in [0, 0.05) is 12.1 Å². The molecule has 14 heavy (non-hydrogen) atoms. The van der Waals surface area contributed by atoms with Crippen molar-refractivity contribution in [3.05, 3.63) is 35.4 Å². The van der Waals surface area contributed by atoms with Crippen molar-refractivity contribution in [3.63, 3.8) is 0 Å². The van der Waals surface area contributed by atoms with Crippen LogP contribution in [0.5, 0.6) is 0 Å². The van der Waals surface area contributed by atoms with Gasteiger partial charge in [-0.2, -0.15) is 0 Å². The Morgan fingerprint density at radius 3 is 2.71 bits per heavy atom. The van der Waals surface area contributed by atoms with Crippen LogP contribution in [0, 0.1) is 5.41 Å². The fraction of sp³-hybridized carbons (Fsp3) is 0.300. The number of fused-ring (bicyclic) bond motifs is 1. The average Bonchev–Trinajstić information content (AvgIpc) is 2.44. The first-order valence-corrected chi connectivity index (χ1v) is 4.38. The molecule has 0 aliphatic carbocycles. The fourth-order valence-corrected chi connectivity index (χ4v) is 1.67. The minimum absolute atomic E-state index is 0.209. The van der Waals surface area contributed by atoms with E-state index in [1.165, 1.54) is 4.90 Å². The summed E-state index contributed by atoms with van der Waals surface area (Å²) in [5.74, 6) is 0.209. The summed E-state index contributed by atoms with van der Waals surface area (Å²) in [6.07, 6.45) is -2.38. The van der Waals surface area contributed by atoms with Crippen molar-refractivity contribution in [1.82, 2.24) is 4.90 Å². The van der Waals surface area contributed by atoms with Crippen LogP contribution in [0.2, 0.25) is 0 Å². The summed E-state index contributed by atoms with van der Waals surface area (Å²) in [6, 6.07) is 7.34. The summed E-state index contributed by atoms with van der Waals surface area (Å²) in [5, 5.41) is 7.67. The number of hydrogen-bond donors (Lipinski definition) is 1. The van der Waals surface area contributed by atoms with Crippen LogP contribution in [0.25, 0.3) is 0 Å². The second-order valence-electron chi connectivity index (χ2n) is 3.28. The van der Waals surface area contributed by atoms with Gasteiger partial charge in [-0.1, -0.05) is 24.3 Å². The number of amidine groups is 1. The maximum atomic E-state index is 12.1. The van der Waals surface area contributed by atoms with Gasteiger partial charge in [-0.25, -0.2) is 8.78 Å². The zero-order valence-electron chi connectivity index (χ0n) is 7.50. The molecule has 1 aliphatic heterocycles. The average molecular weight is 196 g/mol. The lowest BCUT2D eigenvalue weighted by Gasteiger charge is -2.16. The SMILES string of the molecule is N=C1c2ccccc2CN1CC(F)F. The van der Waals surface area contributed by atoms with E-state index in [2.05, 4.69) is 0 Å². The molecule has 74 valence electrons. The first kappa shape index (κ1) is 9.12. The first-order chi connectivity index (χ1) is 6.68. The Morgan fingerprint density at radius 1 is 1.36 bits per heavy atom. The third-order valence-corrected chi connectivity index (χ3v) is 2.31. The van der Waals surface area contributed by atoms with Crippen LogP contribution in [0.4, 0.5) is 8.78 Å². The molecule has 0 aromatic heterocycles. The van der Waals surface area contributed by atoms with Crippen molar-refractivity contribution in [2.24, 2.45) is 0 Å². The van der Waals surface area contributed by atoms with Gasteiger partial charge in [0.15, 0.2) is 0 Å². The minimum Gasteiger partial charge on any atom is -0.347 e. The quantitative estimate of drug-likeness (QED) is 0.770. The molecule has 0 radical (unpaired) electrons. The molecule has 0 fully saturated rings. The van der Waals surface area contributed by atoms with Crippen LogP contribution in [-0.4, -0.2) is 23.7 Å². The van der Waals surface area contributed by atoms with E-state index < -0.39 is 6.43 Å². The van der Waals surface area contributed by atoms with Gasteiger partial charge >= 0.3 is 0 Å². The molecule has 0 spiro atoms. The van der Waals surface area contributed by atoms with Crippen molar-refractivity contribution in [3.8, 4) is 0 Å². The topological polar surface area (TPSA) is 27.1 Å². The number of nitrogens with zero attached hydrogens (tertiary/aromatic N) is 1. The van der Waals surface area contributed by atoms with Crippen LogP contribution >= 0.6 is 0 Å². The van der Waals surface area contributed by atoms with Crippen molar-refractivity contribution in [1.29, 1.82) is 5.41 Å². The van der Waals surface area contributed by atoms with Crippen LogP contribution in [0.1, 0.15) is 11.1 Å². The molecule has 0 atom stereocenters. The fourth-order valence-electron chi connectivity index (χ4n) is 1.67. The molecule has 2 rings (SSSR count). The summed E-state index contributed by atoms with van der Waals surface area (Å²) >= 11 is 0. The lowest BCUT2D eigenvalue weighted by Crippen LogP contribution is -2.29. The van der Waals surface area contributed by atoms with Gasteiger partial charge in [-0.3, -0.25) is 5.41 Å². The third-order valence-electron chi connectivity index (χ3n) is 2.31. The van der Waals surface area contributed by atoms with Gasteiger partial charge in [-0.15, -0.1) is 0 Å². The second kappa shape index (κ2) is 3.36. The Bertz CT molecular complexity index is 363. The molecule has 0 bridgehead atoms. The monoisotopic (exact) mass is 196 g/mol. The molecule has 4 heteroatoms. The summed E-state index contributed by atoms with van der Waals surface area (Å²) in [6.45, 7) is 0.0762. The smallest absolute Gasteiger partial charge is 0.255 e. The third kappa shape index (κ3) is 1.47. The molecule has 1 aromatic rings. The van der Waals surface area contributed by atoms with E-state index in [1.807, 2.05) is 18.2 Å². The van der Waals surface area contributed by atoms with Crippen molar-refractivity contribution in [2.75, 3.05) is 6.54 Å². The first-order valence-electron chi connectivity index (χ1n) is 4.38. The molecule has 1 heterocycles. The Labute approximate surface area is 80.7 Å². The lowest BCUT2D eigenvalue weighted by molar-refractivity contribution is 0.115. The second-order valence-corrected chi connectivity index (χ2v) is 3.28. The standard InChI is InChI=1S/C10H10F2N2/c11-9(12)6-14-5-7-3-1-2-4-8(7)10(14)13/h1-4,9,13H,5-6H2. The largest absolute Gasteiger partial charge is 0.347 e. The van der Waals surface area contributed by atoms with E-state index in [4.69, 9.17) is 5.41 Å². The molecule has 2 nitrogen and oxygen atoms in total. The number of benzene rings is 1. The summed E-state index contributed by atoms with van der Waals surface area (Å²) < 4.78 is 24.3. The van der Waals surface area contributed by atoms with Crippen molar-refractivity contribution >= 4 is 5.84 Å². The highest BCUT2D eigenvalue weighted by Gasteiger charge is 2.25. The highest BCUT2D eigenvalue weighted by atomic mass is 19.3. The van der Waals surface area contributed by atoms with Crippen LogP contribution in [0.3, 0.4) is 0 Å². The highest BCUT2D eigenvalue weighted by molar-refractivity contribution is 6.00. The number of halogens is 2. The van der Waals surface area contributed by atoms with E-state index >= 15 is 0 Å². The van der Waals surface area contributed by atoms with Crippen LogP contribution in [0.15, 0.2) is 24.3 Å². The van der Waals surface area contributed by atoms with E-state index in [-0.39, 0.29) is 12.4 Å². The van der Waals surface area contributed by atoms with Crippen LogP contribution in [-0.2, 0) is 6.54 Å². The van der Waals surface area contributed by atoms with Gasteiger partial charge in [0.25, 0.3) is 6.43 Å². The van der Waals surface area contributed by atoms with Gasteiger partial charge in [0.2, 0.25) is 0 Å². The van der Waals surface area contributed by atoms with E-state index in [0.717, 1.165) is 11.1 Å². The Morgan fingerprint density at radius 2 is 2.07 bits per heavy atom. The Kier molecular flexibility index (Phi) is 2.19. The molecule has 0 saturated carbocycles. The molecular weight excluding hydrogens is 186 g/mol. The van der Waals surface area contributed by atoms with Crippen LogP contribution < -0.4 is 0 Å². The van der Waals surface area contributed by atoms with E-state index in [1.54, 1.807) is 6.07 Å². The van der Waals surface area contributed by atoms with Gasteiger partial charge in [0.05, 0.1) is 6.54 Å². The molecule has 0 amide bonds. The maximum Gasteiger partial charge on any atom is 0.255 e. The zero-order valence-corrected chi connectivity index (χ0v) is 7.50. The zero-order chi connectivity index (χ0) is 10.1. The summed E-state index contributed by atoms with van der Waals surface area (Å²) in [4.78, 5) is 1.40. The highest BCUT2D eigenvalue weighted by Crippen LogP contribution is 2.22. The predicted molar refractivity (Wildman–Crippen MR) is 49.7 cm³/mol.